The molecule has 4 nitrogen and oxygen atoms in total. The quantitative estimate of drug-likeness (QED) is 0.775. The summed E-state index contributed by atoms with van der Waals surface area (Å²) in [6, 6.07) is 4.33. The number of ketones is 1. The first-order valence-electron chi connectivity index (χ1n) is 6.56. The minimum absolute atomic E-state index is 0.235. The van der Waals surface area contributed by atoms with Crippen LogP contribution in [-0.4, -0.2) is 41.1 Å². The van der Waals surface area contributed by atoms with E-state index in [4.69, 9.17) is 0 Å². The van der Waals surface area contributed by atoms with Crippen molar-refractivity contribution in [3.8, 4) is 0 Å². The zero-order valence-electron chi connectivity index (χ0n) is 12.2. The lowest BCUT2D eigenvalue weighted by Gasteiger charge is -2.12. The van der Waals surface area contributed by atoms with Crippen molar-refractivity contribution >= 4 is 21.7 Å². The Labute approximate surface area is 131 Å². The molecule has 0 unspecified atom stereocenters. The Hall–Kier alpha value is -1.53. The molecule has 1 aromatic heterocycles. The topological polar surface area (TPSA) is 38.1 Å². The van der Waals surface area contributed by atoms with Gasteiger partial charge in [0.1, 0.15) is 11.5 Å². The minimum atomic E-state index is -0.408. The van der Waals surface area contributed by atoms with Crippen LogP contribution in [0.2, 0.25) is 0 Å². The Morgan fingerprint density at radius 1 is 1.38 bits per heavy atom. The molecule has 6 heteroatoms. The summed E-state index contributed by atoms with van der Waals surface area (Å²) in [4.78, 5) is 14.6. The van der Waals surface area contributed by atoms with Crippen LogP contribution in [-0.2, 0) is 6.54 Å². The van der Waals surface area contributed by atoms with Crippen LogP contribution in [0.15, 0.2) is 28.9 Å². The zero-order chi connectivity index (χ0) is 15.6. The van der Waals surface area contributed by atoms with Gasteiger partial charge < -0.3 is 4.90 Å². The fourth-order valence-electron chi connectivity index (χ4n) is 2.06. The van der Waals surface area contributed by atoms with Crippen molar-refractivity contribution in [3.63, 3.8) is 0 Å². The Morgan fingerprint density at radius 3 is 2.71 bits per heavy atom. The molecule has 0 saturated carbocycles. The maximum absolute atomic E-state index is 13.5. The van der Waals surface area contributed by atoms with Crippen molar-refractivity contribution in [1.82, 2.24) is 14.7 Å². The summed E-state index contributed by atoms with van der Waals surface area (Å²) in [5.41, 5.74) is 1.50. The van der Waals surface area contributed by atoms with E-state index in [0.717, 1.165) is 6.54 Å². The van der Waals surface area contributed by atoms with Crippen molar-refractivity contribution < 1.29 is 9.18 Å². The standard InChI is InChI=1S/C15H17BrFN3O/c1-10-6-11(8-12(17)7-10)15(21)14-13(16)9-18-20(14)5-4-19(2)3/h6-9H,4-5H2,1-3H3. The lowest BCUT2D eigenvalue weighted by molar-refractivity contribution is 0.102. The van der Waals surface area contributed by atoms with Crippen LogP contribution in [0.4, 0.5) is 4.39 Å². The van der Waals surface area contributed by atoms with Crippen molar-refractivity contribution in [2.24, 2.45) is 0 Å². The van der Waals surface area contributed by atoms with E-state index in [-0.39, 0.29) is 5.78 Å². The maximum atomic E-state index is 13.5. The number of hydrogen-bond acceptors (Lipinski definition) is 3. The molecule has 0 aliphatic carbocycles. The minimum Gasteiger partial charge on any atom is -0.308 e. The predicted molar refractivity (Wildman–Crippen MR) is 83.1 cm³/mol. The number of hydrogen-bond donors (Lipinski definition) is 0. The molecule has 2 aromatic rings. The van der Waals surface area contributed by atoms with Crippen LogP contribution < -0.4 is 0 Å². The van der Waals surface area contributed by atoms with Gasteiger partial charge in [0.15, 0.2) is 0 Å². The second kappa shape index (κ2) is 6.49. The molecular weight excluding hydrogens is 337 g/mol. The number of aryl methyl sites for hydroxylation is 1. The molecule has 0 amide bonds. The second-order valence-corrected chi connectivity index (χ2v) is 6.07. The molecule has 0 aliphatic heterocycles. The molecular formula is C15H17BrFN3O. The zero-order valence-corrected chi connectivity index (χ0v) is 13.8. The molecule has 0 bridgehead atoms. The van der Waals surface area contributed by atoms with E-state index in [1.165, 1.54) is 12.1 Å². The number of nitrogens with zero attached hydrogens (tertiary/aromatic N) is 3. The molecule has 1 heterocycles. The first kappa shape index (κ1) is 15.9. The van der Waals surface area contributed by atoms with Gasteiger partial charge in [0.25, 0.3) is 0 Å². The molecule has 0 spiro atoms. The molecule has 2 rings (SSSR count). The Kier molecular flexibility index (Phi) is 4.90. The largest absolute Gasteiger partial charge is 0.308 e. The normalized spacial score (nSPS) is 11.1. The lowest BCUT2D eigenvalue weighted by atomic mass is 10.1. The summed E-state index contributed by atoms with van der Waals surface area (Å²) < 4.78 is 15.8. The third-order valence-corrected chi connectivity index (χ3v) is 3.65. The molecule has 0 saturated heterocycles. The molecule has 1 aromatic carbocycles. The molecule has 0 fully saturated rings. The molecule has 0 N–H and O–H groups in total. The van der Waals surface area contributed by atoms with Gasteiger partial charge in [-0.1, -0.05) is 0 Å². The first-order chi connectivity index (χ1) is 9.88. The maximum Gasteiger partial charge on any atom is 0.212 e. The Bertz CT molecular complexity index is 647. The molecule has 0 atom stereocenters. The average Bonchev–Trinajstić information content (AvgIpc) is 2.75. The fraction of sp³-hybridized carbons (Fsp3) is 0.333. The van der Waals surface area contributed by atoms with Gasteiger partial charge in [-0.2, -0.15) is 5.10 Å². The van der Waals surface area contributed by atoms with Crippen molar-refractivity contribution in [2.45, 2.75) is 13.5 Å². The third kappa shape index (κ3) is 3.77. The van der Waals surface area contributed by atoms with Crippen LogP contribution in [0, 0.1) is 12.7 Å². The molecule has 0 radical (unpaired) electrons. The van der Waals surface area contributed by atoms with Gasteiger partial charge in [0.2, 0.25) is 5.78 Å². The smallest absolute Gasteiger partial charge is 0.212 e. The highest BCUT2D eigenvalue weighted by atomic mass is 79.9. The van der Waals surface area contributed by atoms with Gasteiger partial charge in [-0.05, 0) is 60.7 Å². The molecule has 112 valence electrons. The van der Waals surface area contributed by atoms with Crippen molar-refractivity contribution in [1.29, 1.82) is 0 Å². The van der Waals surface area contributed by atoms with Crippen molar-refractivity contribution in [2.75, 3.05) is 20.6 Å². The van der Waals surface area contributed by atoms with Gasteiger partial charge in [0.05, 0.1) is 17.2 Å². The number of carbonyl (C=O) groups is 1. The summed E-state index contributed by atoms with van der Waals surface area (Å²) in [6.07, 6.45) is 1.59. The van der Waals surface area contributed by atoms with E-state index in [2.05, 4.69) is 21.0 Å². The summed E-state index contributed by atoms with van der Waals surface area (Å²) in [5.74, 6) is -0.644. The van der Waals surface area contributed by atoms with Crippen LogP contribution in [0.3, 0.4) is 0 Å². The van der Waals surface area contributed by atoms with E-state index in [9.17, 15) is 9.18 Å². The number of rotatable bonds is 5. The highest BCUT2D eigenvalue weighted by Gasteiger charge is 2.19. The Morgan fingerprint density at radius 2 is 2.10 bits per heavy atom. The van der Waals surface area contributed by atoms with E-state index in [1.54, 1.807) is 23.9 Å². The second-order valence-electron chi connectivity index (χ2n) is 5.21. The summed E-state index contributed by atoms with van der Waals surface area (Å²) >= 11 is 3.35. The number of halogens is 2. The van der Waals surface area contributed by atoms with E-state index < -0.39 is 5.82 Å². The summed E-state index contributed by atoms with van der Waals surface area (Å²) in [5, 5.41) is 4.21. The van der Waals surface area contributed by atoms with Gasteiger partial charge in [-0.3, -0.25) is 9.48 Å². The highest BCUT2D eigenvalue weighted by Crippen LogP contribution is 2.21. The van der Waals surface area contributed by atoms with Crippen molar-refractivity contribution in [3.05, 3.63) is 51.5 Å². The number of carbonyl (C=O) groups excluding carboxylic acids is 1. The SMILES string of the molecule is Cc1cc(F)cc(C(=O)c2c(Br)cnn2CCN(C)C)c1. The van der Waals surface area contributed by atoms with Gasteiger partial charge in [0, 0.05) is 12.1 Å². The van der Waals surface area contributed by atoms with E-state index in [0.29, 0.717) is 27.8 Å². The van der Waals surface area contributed by atoms with E-state index in [1.807, 2.05) is 19.0 Å². The number of aromatic nitrogens is 2. The predicted octanol–water partition coefficient (Wildman–Crippen LogP) is 2.89. The van der Waals surface area contributed by atoms with Gasteiger partial charge >= 0.3 is 0 Å². The summed E-state index contributed by atoms with van der Waals surface area (Å²) in [7, 11) is 3.91. The van der Waals surface area contributed by atoms with Gasteiger partial charge in [-0.25, -0.2) is 4.39 Å². The average molecular weight is 354 g/mol. The van der Waals surface area contributed by atoms with Crippen LogP contribution in [0.1, 0.15) is 21.6 Å². The third-order valence-electron chi connectivity index (χ3n) is 3.07. The fourth-order valence-corrected chi connectivity index (χ4v) is 2.53. The monoisotopic (exact) mass is 353 g/mol. The molecule has 21 heavy (non-hydrogen) atoms. The first-order valence-corrected chi connectivity index (χ1v) is 7.35. The number of benzene rings is 1. The van der Waals surface area contributed by atoms with E-state index >= 15 is 0 Å². The van der Waals surface area contributed by atoms with Crippen LogP contribution in [0.5, 0.6) is 0 Å². The Balaban J connectivity index is 2.36. The summed E-state index contributed by atoms with van der Waals surface area (Å²) in [6.45, 7) is 3.11. The van der Waals surface area contributed by atoms with Crippen LogP contribution >= 0.6 is 15.9 Å². The van der Waals surface area contributed by atoms with Crippen LogP contribution in [0.25, 0.3) is 0 Å². The molecule has 0 aliphatic rings. The van der Waals surface area contributed by atoms with Gasteiger partial charge in [-0.15, -0.1) is 0 Å². The number of likely N-dealkylation sites (N-methyl/N-ethyl adjacent to an activating group) is 1. The highest BCUT2D eigenvalue weighted by molar-refractivity contribution is 9.10. The lowest BCUT2D eigenvalue weighted by Crippen LogP contribution is -2.21.